The van der Waals surface area contributed by atoms with Crippen LogP contribution in [-0.2, 0) is 14.3 Å². The summed E-state index contributed by atoms with van der Waals surface area (Å²) in [6.07, 6.45) is 1.26. The quantitative estimate of drug-likeness (QED) is 0.676. The van der Waals surface area contributed by atoms with Crippen molar-refractivity contribution in [3.05, 3.63) is 0 Å². The van der Waals surface area contributed by atoms with Crippen molar-refractivity contribution in [2.45, 2.75) is 46.1 Å². The maximum absolute atomic E-state index is 12.2. The number of fused-ring (bicyclic) bond motifs is 3. The fraction of sp³-hybridized carbons (Fsp3) is 0.867. The van der Waals surface area contributed by atoms with Gasteiger partial charge in [-0.3, -0.25) is 9.59 Å². The van der Waals surface area contributed by atoms with Gasteiger partial charge < -0.3 is 9.84 Å². The molecule has 19 heavy (non-hydrogen) atoms. The lowest BCUT2D eigenvalue weighted by atomic mass is 9.46. The largest absolute Gasteiger partial charge is 0.465 e. The summed E-state index contributed by atoms with van der Waals surface area (Å²) in [6.45, 7) is 6.55. The van der Waals surface area contributed by atoms with Gasteiger partial charge in [-0.15, -0.1) is 0 Å². The average Bonchev–Trinajstić information content (AvgIpc) is 2.73. The monoisotopic (exact) mass is 266 g/mol. The molecular weight excluding hydrogens is 244 g/mol. The number of hydrogen-bond acceptors (Lipinski definition) is 4. The molecule has 0 radical (unpaired) electrons. The first-order chi connectivity index (χ1) is 8.78. The highest BCUT2D eigenvalue weighted by atomic mass is 16.5. The van der Waals surface area contributed by atoms with E-state index in [2.05, 4.69) is 6.92 Å². The van der Waals surface area contributed by atoms with Crippen LogP contribution in [0.4, 0.5) is 0 Å². The van der Waals surface area contributed by atoms with Crippen LogP contribution < -0.4 is 0 Å². The van der Waals surface area contributed by atoms with Crippen molar-refractivity contribution in [3.63, 3.8) is 0 Å². The minimum absolute atomic E-state index is 0.0566. The first kappa shape index (κ1) is 13.1. The topological polar surface area (TPSA) is 63.6 Å². The van der Waals surface area contributed by atoms with E-state index in [0.29, 0.717) is 19.4 Å². The maximum atomic E-state index is 12.2. The number of Topliss-reactive ketones (excluding diaryl/α,β-unsaturated/α-hetero) is 1. The van der Waals surface area contributed by atoms with Crippen molar-refractivity contribution >= 4 is 11.8 Å². The minimum atomic E-state index is -0.664. The SMILES string of the molecule is CC1(C)C(=O)CC[C@]2(C)[C@H]3COC(=O)[C@H]3[C@H](O)C[C@@H]12. The Bertz CT molecular complexity index is 441. The van der Waals surface area contributed by atoms with Crippen LogP contribution in [0.1, 0.15) is 40.0 Å². The Morgan fingerprint density at radius 1 is 1.26 bits per heavy atom. The molecule has 1 saturated heterocycles. The zero-order chi connectivity index (χ0) is 14.0. The van der Waals surface area contributed by atoms with Crippen molar-refractivity contribution in [1.29, 1.82) is 0 Å². The highest BCUT2D eigenvalue weighted by Crippen LogP contribution is 2.61. The minimum Gasteiger partial charge on any atom is -0.465 e. The third kappa shape index (κ3) is 1.55. The lowest BCUT2D eigenvalue weighted by molar-refractivity contribution is -0.162. The van der Waals surface area contributed by atoms with Crippen molar-refractivity contribution in [1.82, 2.24) is 0 Å². The van der Waals surface area contributed by atoms with E-state index in [-0.39, 0.29) is 34.9 Å². The number of cyclic esters (lactones) is 1. The van der Waals surface area contributed by atoms with Crippen LogP contribution in [0.15, 0.2) is 0 Å². The molecule has 3 rings (SSSR count). The van der Waals surface area contributed by atoms with Crippen LogP contribution in [0.5, 0.6) is 0 Å². The molecule has 0 aromatic rings. The van der Waals surface area contributed by atoms with E-state index in [1.165, 1.54) is 0 Å². The fourth-order valence-corrected chi connectivity index (χ4v) is 4.86. The summed E-state index contributed by atoms with van der Waals surface area (Å²) in [5.74, 6) is -0.170. The Hall–Kier alpha value is -0.900. The lowest BCUT2D eigenvalue weighted by Gasteiger charge is -2.57. The van der Waals surface area contributed by atoms with E-state index in [4.69, 9.17) is 4.74 Å². The Labute approximate surface area is 113 Å². The number of hydrogen-bond donors (Lipinski definition) is 1. The second-order valence-electron chi connectivity index (χ2n) is 7.27. The highest BCUT2D eigenvalue weighted by Gasteiger charge is 2.63. The molecule has 1 aliphatic heterocycles. The van der Waals surface area contributed by atoms with E-state index < -0.39 is 11.5 Å². The second kappa shape index (κ2) is 3.81. The van der Waals surface area contributed by atoms with Gasteiger partial charge in [0.1, 0.15) is 5.78 Å². The Balaban J connectivity index is 2.03. The summed E-state index contributed by atoms with van der Waals surface area (Å²) in [6, 6.07) is 0. The van der Waals surface area contributed by atoms with Crippen LogP contribution >= 0.6 is 0 Å². The molecule has 0 aromatic heterocycles. The molecule has 0 aromatic carbocycles. The fourth-order valence-electron chi connectivity index (χ4n) is 4.86. The predicted octanol–water partition coefficient (Wildman–Crippen LogP) is 1.55. The van der Waals surface area contributed by atoms with E-state index >= 15 is 0 Å². The van der Waals surface area contributed by atoms with Crippen molar-refractivity contribution in [3.8, 4) is 0 Å². The molecule has 106 valence electrons. The summed E-state index contributed by atoms with van der Waals surface area (Å²) in [5.41, 5.74) is -0.488. The van der Waals surface area contributed by atoms with Gasteiger partial charge in [0.25, 0.3) is 0 Å². The number of ketones is 1. The van der Waals surface area contributed by atoms with Crippen LogP contribution in [0.3, 0.4) is 0 Å². The number of aliphatic hydroxyl groups is 1. The van der Waals surface area contributed by atoms with Gasteiger partial charge in [-0.05, 0) is 24.2 Å². The van der Waals surface area contributed by atoms with Crippen molar-refractivity contribution < 1.29 is 19.4 Å². The molecule has 4 heteroatoms. The van der Waals surface area contributed by atoms with Gasteiger partial charge in [-0.25, -0.2) is 0 Å². The molecule has 0 bridgehead atoms. The van der Waals surface area contributed by atoms with Gasteiger partial charge in [0.15, 0.2) is 0 Å². The van der Waals surface area contributed by atoms with Crippen LogP contribution in [-0.4, -0.2) is 29.6 Å². The van der Waals surface area contributed by atoms with Crippen LogP contribution in [0, 0.1) is 28.6 Å². The Morgan fingerprint density at radius 3 is 2.63 bits per heavy atom. The highest BCUT2D eigenvalue weighted by molar-refractivity contribution is 5.86. The Morgan fingerprint density at radius 2 is 1.95 bits per heavy atom. The van der Waals surface area contributed by atoms with Crippen molar-refractivity contribution in [2.75, 3.05) is 6.61 Å². The number of carbonyl (C=O) groups excluding carboxylic acids is 2. The molecule has 4 nitrogen and oxygen atoms in total. The molecule has 5 atom stereocenters. The zero-order valence-electron chi connectivity index (χ0n) is 11.8. The zero-order valence-corrected chi connectivity index (χ0v) is 11.8. The standard InChI is InChI=1S/C15H22O4/c1-14(2)10-6-9(16)12-8(7-19-13(12)18)15(10,3)5-4-11(14)17/h8-10,12,16H,4-7H2,1-3H3/t8-,9+,10-,12+,15+/m0/s1. The summed E-state index contributed by atoms with van der Waals surface area (Å²) in [7, 11) is 0. The molecule has 3 aliphatic rings. The van der Waals surface area contributed by atoms with Gasteiger partial charge in [-0.2, -0.15) is 0 Å². The van der Waals surface area contributed by atoms with Crippen LogP contribution in [0.25, 0.3) is 0 Å². The number of ether oxygens (including phenoxy) is 1. The summed E-state index contributed by atoms with van der Waals surface area (Å²) >= 11 is 0. The first-order valence-electron chi connectivity index (χ1n) is 7.16. The van der Waals surface area contributed by atoms with E-state index in [0.717, 1.165) is 6.42 Å². The van der Waals surface area contributed by atoms with Crippen molar-refractivity contribution in [2.24, 2.45) is 28.6 Å². The summed E-state index contributed by atoms with van der Waals surface area (Å²) in [4.78, 5) is 24.0. The molecule has 0 spiro atoms. The number of carbonyl (C=O) groups is 2. The predicted molar refractivity (Wildman–Crippen MR) is 68.2 cm³/mol. The van der Waals surface area contributed by atoms with Gasteiger partial charge in [-0.1, -0.05) is 20.8 Å². The van der Waals surface area contributed by atoms with Gasteiger partial charge in [0.05, 0.1) is 18.6 Å². The molecule has 0 unspecified atom stereocenters. The molecule has 0 amide bonds. The number of aliphatic hydroxyl groups excluding tert-OH is 1. The molecular formula is C15H22O4. The first-order valence-corrected chi connectivity index (χ1v) is 7.16. The van der Waals surface area contributed by atoms with E-state index in [1.807, 2.05) is 13.8 Å². The second-order valence-corrected chi connectivity index (χ2v) is 7.27. The maximum Gasteiger partial charge on any atom is 0.312 e. The molecule has 3 fully saturated rings. The van der Waals surface area contributed by atoms with Gasteiger partial charge in [0.2, 0.25) is 0 Å². The van der Waals surface area contributed by atoms with Crippen LogP contribution in [0.2, 0.25) is 0 Å². The third-order valence-electron chi connectivity index (χ3n) is 6.13. The van der Waals surface area contributed by atoms with E-state index in [9.17, 15) is 14.7 Å². The summed E-state index contributed by atoms with van der Waals surface area (Å²) < 4.78 is 5.20. The molecule has 2 saturated carbocycles. The number of rotatable bonds is 0. The third-order valence-corrected chi connectivity index (χ3v) is 6.13. The van der Waals surface area contributed by atoms with E-state index in [1.54, 1.807) is 0 Å². The molecule has 1 N–H and O–H groups in total. The molecule has 1 heterocycles. The smallest absolute Gasteiger partial charge is 0.312 e. The lowest BCUT2D eigenvalue weighted by Crippen LogP contribution is -2.58. The molecule has 2 aliphatic carbocycles. The summed E-state index contributed by atoms with van der Waals surface area (Å²) in [5, 5.41) is 10.3. The van der Waals surface area contributed by atoms with Gasteiger partial charge in [0, 0.05) is 17.8 Å². The normalized spacial score (nSPS) is 48.4. The van der Waals surface area contributed by atoms with Gasteiger partial charge >= 0.3 is 5.97 Å². The Kier molecular flexibility index (Phi) is 2.63. The average molecular weight is 266 g/mol. The number of esters is 1.